The molecule has 1 aliphatic carbocycles. The highest BCUT2D eigenvalue weighted by Crippen LogP contribution is 2.36. The van der Waals surface area contributed by atoms with Gasteiger partial charge in [0.15, 0.2) is 0 Å². The second-order valence-electron chi connectivity index (χ2n) is 6.07. The fourth-order valence-corrected chi connectivity index (χ4v) is 4.07. The predicted molar refractivity (Wildman–Crippen MR) is 75.7 cm³/mol. The Balaban J connectivity index is 2.13. The van der Waals surface area contributed by atoms with Gasteiger partial charge < -0.3 is 5.11 Å². The molecule has 1 atom stereocenters. The van der Waals surface area contributed by atoms with Crippen LogP contribution in [0.2, 0.25) is 0 Å². The molecular formula is C13H23N3O3S. The highest BCUT2D eigenvalue weighted by Gasteiger charge is 2.35. The van der Waals surface area contributed by atoms with Crippen LogP contribution in [0, 0.1) is 5.41 Å². The van der Waals surface area contributed by atoms with Gasteiger partial charge in [0, 0.05) is 12.2 Å². The Labute approximate surface area is 120 Å². The number of sulfonamides is 1. The molecule has 0 aromatic carbocycles. The molecule has 2 N–H and O–H groups in total. The number of nitrogens with one attached hydrogen (secondary N) is 1. The topological polar surface area (TPSA) is 84.2 Å². The van der Waals surface area contributed by atoms with Crippen molar-refractivity contribution in [2.45, 2.75) is 57.0 Å². The van der Waals surface area contributed by atoms with E-state index in [4.69, 9.17) is 5.11 Å². The summed E-state index contributed by atoms with van der Waals surface area (Å²) in [5, 5.41) is 12.8. The lowest BCUT2D eigenvalue weighted by atomic mass is 9.74. The monoisotopic (exact) mass is 301 g/mol. The van der Waals surface area contributed by atoms with Gasteiger partial charge in [-0.15, -0.1) is 0 Å². The molecule has 0 bridgehead atoms. The van der Waals surface area contributed by atoms with E-state index >= 15 is 0 Å². The average Bonchev–Trinajstić information content (AvgIpc) is 2.82. The summed E-state index contributed by atoms with van der Waals surface area (Å²) < 4.78 is 29.0. The van der Waals surface area contributed by atoms with E-state index < -0.39 is 10.0 Å². The van der Waals surface area contributed by atoms with Crippen LogP contribution in [-0.4, -0.2) is 36.0 Å². The Kier molecular flexibility index (Phi) is 4.51. The minimum absolute atomic E-state index is 0.0214. The van der Waals surface area contributed by atoms with E-state index in [-0.39, 0.29) is 23.0 Å². The van der Waals surface area contributed by atoms with Gasteiger partial charge in [-0.3, -0.25) is 4.68 Å². The van der Waals surface area contributed by atoms with Crippen LogP contribution >= 0.6 is 0 Å². The lowest BCUT2D eigenvalue weighted by molar-refractivity contribution is 0.188. The summed E-state index contributed by atoms with van der Waals surface area (Å²) in [5.74, 6) is 0. The standard InChI is InChI=1S/C13H23N3O3S/c1-13(2)6-4-3-5-12(13)15-20(18,19)11-9-14-16(10-11)7-8-17/h9-10,12,15,17H,3-8H2,1-2H3. The van der Waals surface area contributed by atoms with E-state index in [0.717, 1.165) is 25.7 Å². The summed E-state index contributed by atoms with van der Waals surface area (Å²) in [6.45, 7) is 4.44. The van der Waals surface area contributed by atoms with Crippen molar-refractivity contribution in [2.75, 3.05) is 6.61 Å². The first-order valence-corrected chi connectivity index (χ1v) is 8.49. The summed E-state index contributed by atoms with van der Waals surface area (Å²) in [4.78, 5) is 0.160. The van der Waals surface area contributed by atoms with Crippen LogP contribution in [0.3, 0.4) is 0 Å². The number of aliphatic hydroxyl groups is 1. The Morgan fingerprint density at radius 2 is 2.25 bits per heavy atom. The Bertz CT molecular complexity index is 551. The second kappa shape index (κ2) is 5.83. The third-order valence-corrected chi connectivity index (χ3v) is 5.48. The highest BCUT2D eigenvalue weighted by molar-refractivity contribution is 7.89. The fraction of sp³-hybridized carbons (Fsp3) is 0.769. The maximum atomic E-state index is 12.4. The van der Waals surface area contributed by atoms with Crippen LogP contribution in [-0.2, 0) is 16.6 Å². The number of nitrogens with zero attached hydrogens (tertiary/aromatic N) is 2. The zero-order valence-corrected chi connectivity index (χ0v) is 12.9. The van der Waals surface area contributed by atoms with Gasteiger partial charge >= 0.3 is 0 Å². The molecule has 1 aromatic rings. The molecule has 1 heterocycles. The van der Waals surface area contributed by atoms with Gasteiger partial charge in [0.1, 0.15) is 4.90 Å². The molecule has 1 fully saturated rings. The molecule has 0 aliphatic heterocycles. The number of aromatic nitrogens is 2. The first-order valence-electron chi connectivity index (χ1n) is 7.01. The smallest absolute Gasteiger partial charge is 0.243 e. The molecule has 0 spiro atoms. The first-order chi connectivity index (χ1) is 9.35. The number of hydrogen-bond donors (Lipinski definition) is 2. The summed E-state index contributed by atoms with van der Waals surface area (Å²) in [6.07, 6.45) is 6.89. The zero-order chi connectivity index (χ0) is 14.8. The summed E-state index contributed by atoms with van der Waals surface area (Å²) in [7, 11) is -3.54. The van der Waals surface area contributed by atoms with Crippen molar-refractivity contribution in [1.82, 2.24) is 14.5 Å². The second-order valence-corrected chi connectivity index (χ2v) is 7.78. The van der Waals surface area contributed by atoms with E-state index in [9.17, 15) is 8.42 Å². The minimum Gasteiger partial charge on any atom is -0.394 e. The molecule has 0 saturated heterocycles. The molecule has 7 heteroatoms. The molecule has 0 radical (unpaired) electrons. The molecule has 6 nitrogen and oxygen atoms in total. The van der Waals surface area contributed by atoms with E-state index in [2.05, 4.69) is 23.7 Å². The van der Waals surface area contributed by atoms with Crippen LogP contribution in [0.5, 0.6) is 0 Å². The SMILES string of the molecule is CC1(C)CCCCC1NS(=O)(=O)c1cnn(CCO)c1. The van der Waals surface area contributed by atoms with E-state index in [1.807, 2.05) is 0 Å². The van der Waals surface area contributed by atoms with Crippen molar-refractivity contribution >= 4 is 10.0 Å². The van der Waals surface area contributed by atoms with E-state index in [1.54, 1.807) is 0 Å². The first kappa shape index (κ1) is 15.5. The lowest BCUT2D eigenvalue weighted by Gasteiger charge is -2.38. The number of rotatable bonds is 5. The fourth-order valence-electron chi connectivity index (χ4n) is 2.68. The largest absolute Gasteiger partial charge is 0.394 e. The molecular weight excluding hydrogens is 278 g/mol. The predicted octanol–water partition coefficient (Wildman–Crippen LogP) is 1.12. The van der Waals surface area contributed by atoms with Gasteiger partial charge in [0.05, 0.1) is 19.3 Å². The number of hydrogen-bond acceptors (Lipinski definition) is 4. The Morgan fingerprint density at radius 3 is 2.90 bits per heavy atom. The minimum atomic E-state index is -3.54. The van der Waals surface area contributed by atoms with Crippen LogP contribution < -0.4 is 4.72 Å². The maximum absolute atomic E-state index is 12.4. The van der Waals surface area contributed by atoms with Crippen molar-refractivity contribution in [2.24, 2.45) is 5.41 Å². The maximum Gasteiger partial charge on any atom is 0.243 e. The third-order valence-electron chi connectivity index (χ3n) is 4.05. The third kappa shape index (κ3) is 3.39. The van der Waals surface area contributed by atoms with Crippen LogP contribution in [0.4, 0.5) is 0 Å². The van der Waals surface area contributed by atoms with E-state index in [1.165, 1.54) is 17.1 Å². The molecule has 1 aromatic heterocycles. The molecule has 1 unspecified atom stereocenters. The lowest BCUT2D eigenvalue weighted by Crippen LogP contribution is -2.46. The van der Waals surface area contributed by atoms with E-state index in [0.29, 0.717) is 6.54 Å². The Hall–Kier alpha value is -0.920. The average molecular weight is 301 g/mol. The van der Waals surface area contributed by atoms with Crippen LogP contribution in [0.1, 0.15) is 39.5 Å². The van der Waals surface area contributed by atoms with Gasteiger partial charge in [0.2, 0.25) is 10.0 Å². The van der Waals surface area contributed by atoms with Gasteiger partial charge in [-0.1, -0.05) is 26.7 Å². The summed E-state index contributed by atoms with van der Waals surface area (Å²) >= 11 is 0. The normalized spacial score (nSPS) is 22.9. The van der Waals surface area contributed by atoms with Crippen molar-refractivity contribution in [3.63, 3.8) is 0 Å². The van der Waals surface area contributed by atoms with Crippen molar-refractivity contribution in [3.05, 3.63) is 12.4 Å². The summed E-state index contributed by atoms with van der Waals surface area (Å²) in [6, 6.07) is -0.0394. The molecule has 0 amide bonds. The quantitative estimate of drug-likeness (QED) is 0.853. The molecule has 114 valence electrons. The zero-order valence-electron chi connectivity index (χ0n) is 12.0. The van der Waals surface area contributed by atoms with Gasteiger partial charge in [-0.2, -0.15) is 5.10 Å². The molecule has 1 saturated carbocycles. The molecule has 2 rings (SSSR count). The van der Waals surface area contributed by atoms with Crippen LogP contribution in [0.25, 0.3) is 0 Å². The van der Waals surface area contributed by atoms with Gasteiger partial charge in [0.25, 0.3) is 0 Å². The molecule has 20 heavy (non-hydrogen) atoms. The van der Waals surface area contributed by atoms with Crippen molar-refractivity contribution in [3.8, 4) is 0 Å². The van der Waals surface area contributed by atoms with Gasteiger partial charge in [-0.05, 0) is 18.3 Å². The van der Waals surface area contributed by atoms with Crippen LogP contribution in [0.15, 0.2) is 17.3 Å². The van der Waals surface area contributed by atoms with Crippen molar-refractivity contribution < 1.29 is 13.5 Å². The number of aliphatic hydroxyl groups excluding tert-OH is 1. The summed E-state index contributed by atoms with van der Waals surface area (Å²) in [5.41, 5.74) is -0.0214. The van der Waals surface area contributed by atoms with Crippen molar-refractivity contribution in [1.29, 1.82) is 0 Å². The highest BCUT2D eigenvalue weighted by atomic mass is 32.2. The Morgan fingerprint density at radius 1 is 1.50 bits per heavy atom. The van der Waals surface area contributed by atoms with Gasteiger partial charge in [-0.25, -0.2) is 13.1 Å². The molecule has 1 aliphatic rings.